The van der Waals surface area contributed by atoms with Crippen LogP contribution < -0.4 is 5.73 Å². The second kappa shape index (κ2) is 5.99. The first kappa shape index (κ1) is 13.8. The zero-order valence-corrected chi connectivity index (χ0v) is 11.5. The summed E-state index contributed by atoms with van der Waals surface area (Å²) < 4.78 is 0. The molecule has 0 aliphatic heterocycles. The fourth-order valence-electron chi connectivity index (χ4n) is 1.58. The summed E-state index contributed by atoms with van der Waals surface area (Å²) in [6.45, 7) is 0. The molecule has 0 saturated heterocycles. The van der Waals surface area contributed by atoms with Crippen molar-refractivity contribution in [2.45, 2.75) is 16.2 Å². The van der Waals surface area contributed by atoms with Crippen LogP contribution in [0, 0.1) is 0 Å². The average molecular weight is 294 g/mol. The molecule has 0 radical (unpaired) electrons. The average Bonchev–Trinajstić information content (AvgIpc) is 2.36. The smallest absolute Gasteiger partial charge is 0.307 e. The van der Waals surface area contributed by atoms with Crippen molar-refractivity contribution < 1.29 is 9.90 Å². The van der Waals surface area contributed by atoms with Gasteiger partial charge in [-0.15, -0.1) is 0 Å². The molecule has 3 nitrogen and oxygen atoms in total. The Labute approximate surface area is 120 Å². The lowest BCUT2D eigenvalue weighted by atomic mass is 10.1. The molecule has 0 fully saturated rings. The molecule has 0 heterocycles. The number of nitrogen functional groups attached to an aromatic ring is 1. The Morgan fingerprint density at radius 3 is 2.42 bits per heavy atom. The third-order valence-corrected chi connectivity index (χ3v) is 3.84. The molecule has 98 valence electrons. The van der Waals surface area contributed by atoms with Crippen LogP contribution in [0.25, 0.3) is 0 Å². The van der Waals surface area contributed by atoms with Gasteiger partial charge in [-0.25, -0.2) is 0 Å². The molecular weight excluding hydrogens is 282 g/mol. The third-order valence-electron chi connectivity index (χ3n) is 2.47. The van der Waals surface area contributed by atoms with E-state index in [0.717, 1.165) is 9.79 Å². The number of hydrogen-bond donors (Lipinski definition) is 2. The maximum Gasteiger partial charge on any atom is 0.307 e. The topological polar surface area (TPSA) is 63.3 Å². The Balaban J connectivity index is 2.21. The lowest BCUT2D eigenvalue weighted by molar-refractivity contribution is -0.136. The Morgan fingerprint density at radius 2 is 1.79 bits per heavy atom. The van der Waals surface area contributed by atoms with Gasteiger partial charge < -0.3 is 10.8 Å². The molecule has 0 bridgehead atoms. The second-order valence-corrected chi connectivity index (χ2v) is 5.55. The van der Waals surface area contributed by atoms with Gasteiger partial charge >= 0.3 is 5.97 Å². The quantitative estimate of drug-likeness (QED) is 0.844. The minimum atomic E-state index is -0.892. The number of carboxylic acid groups (broad SMARTS) is 1. The van der Waals surface area contributed by atoms with E-state index >= 15 is 0 Å². The highest BCUT2D eigenvalue weighted by Crippen LogP contribution is 2.31. The number of rotatable bonds is 4. The van der Waals surface area contributed by atoms with Crippen molar-refractivity contribution in [2.75, 3.05) is 5.73 Å². The van der Waals surface area contributed by atoms with Gasteiger partial charge in [0.15, 0.2) is 0 Å². The highest BCUT2D eigenvalue weighted by molar-refractivity contribution is 7.99. The summed E-state index contributed by atoms with van der Waals surface area (Å²) in [5.41, 5.74) is 6.96. The van der Waals surface area contributed by atoms with Crippen molar-refractivity contribution in [1.29, 1.82) is 0 Å². The Morgan fingerprint density at radius 1 is 1.16 bits per heavy atom. The Hall–Kier alpha value is -1.65. The fraction of sp³-hybridized carbons (Fsp3) is 0.0714. The molecule has 19 heavy (non-hydrogen) atoms. The number of carboxylic acids is 1. The van der Waals surface area contributed by atoms with Gasteiger partial charge in [0.1, 0.15) is 0 Å². The highest BCUT2D eigenvalue weighted by atomic mass is 35.5. The standard InChI is InChI=1S/C14H12ClNO2S/c15-13-6-5-12(7-9(13)8-14(17)18)19-11-3-1-10(16)2-4-11/h1-7H,8,16H2,(H,17,18). The molecule has 2 rings (SSSR count). The van der Waals surface area contributed by atoms with Gasteiger partial charge in [-0.3, -0.25) is 4.79 Å². The van der Waals surface area contributed by atoms with Crippen LogP contribution >= 0.6 is 23.4 Å². The van der Waals surface area contributed by atoms with Crippen LogP contribution in [0.4, 0.5) is 5.69 Å². The zero-order chi connectivity index (χ0) is 13.8. The molecular formula is C14H12ClNO2S. The van der Waals surface area contributed by atoms with Crippen molar-refractivity contribution in [2.24, 2.45) is 0 Å². The Kier molecular flexibility index (Phi) is 4.35. The van der Waals surface area contributed by atoms with Crippen LogP contribution in [-0.2, 0) is 11.2 Å². The van der Waals surface area contributed by atoms with Crippen molar-refractivity contribution in [1.82, 2.24) is 0 Å². The monoisotopic (exact) mass is 293 g/mol. The van der Waals surface area contributed by atoms with Crippen molar-refractivity contribution >= 4 is 35.0 Å². The van der Waals surface area contributed by atoms with E-state index < -0.39 is 5.97 Å². The molecule has 2 aromatic rings. The number of benzene rings is 2. The molecule has 0 amide bonds. The van der Waals surface area contributed by atoms with E-state index in [9.17, 15) is 4.79 Å². The SMILES string of the molecule is Nc1ccc(Sc2ccc(Cl)c(CC(=O)O)c2)cc1. The predicted molar refractivity (Wildman–Crippen MR) is 77.8 cm³/mol. The number of hydrogen-bond acceptors (Lipinski definition) is 3. The Bertz CT molecular complexity index is 599. The molecule has 0 aromatic heterocycles. The minimum absolute atomic E-state index is 0.0744. The molecule has 0 saturated carbocycles. The van der Waals surface area contributed by atoms with Gasteiger partial charge in [-0.1, -0.05) is 23.4 Å². The predicted octanol–water partition coefficient (Wildman–Crippen LogP) is 3.70. The van der Waals surface area contributed by atoms with Crippen LogP contribution in [0.3, 0.4) is 0 Å². The second-order valence-electron chi connectivity index (χ2n) is 3.99. The van der Waals surface area contributed by atoms with Crippen LogP contribution in [0.5, 0.6) is 0 Å². The number of carbonyl (C=O) groups is 1. The number of nitrogens with two attached hydrogens (primary N) is 1. The summed E-state index contributed by atoms with van der Waals surface area (Å²) in [5.74, 6) is -0.892. The van der Waals surface area contributed by atoms with Gasteiger partial charge in [0.25, 0.3) is 0 Å². The van der Waals surface area contributed by atoms with Gasteiger partial charge in [-0.2, -0.15) is 0 Å². The number of anilines is 1. The van der Waals surface area contributed by atoms with E-state index in [4.69, 9.17) is 22.4 Å². The normalized spacial score (nSPS) is 10.4. The number of aliphatic carboxylic acids is 1. The van der Waals surface area contributed by atoms with Gasteiger partial charge in [0.2, 0.25) is 0 Å². The summed E-state index contributed by atoms with van der Waals surface area (Å²) in [6, 6.07) is 12.9. The lowest BCUT2D eigenvalue weighted by Gasteiger charge is -2.06. The minimum Gasteiger partial charge on any atom is -0.481 e. The summed E-state index contributed by atoms with van der Waals surface area (Å²) in [4.78, 5) is 12.7. The van der Waals surface area contributed by atoms with Crippen molar-refractivity contribution in [3.8, 4) is 0 Å². The number of halogens is 1. The van der Waals surface area contributed by atoms with Gasteiger partial charge in [0, 0.05) is 20.5 Å². The molecule has 0 atom stereocenters. The summed E-state index contributed by atoms with van der Waals surface area (Å²) >= 11 is 7.51. The van der Waals surface area contributed by atoms with Crippen molar-refractivity contribution in [3.63, 3.8) is 0 Å². The van der Waals surface area contributed by atoms with Crippen LogP contribution in [0.2, 0.25) is 5.02 Å². The molecule has 0 aliphatic rings. The molecule has 0 unspecified atom stereocenters. The van der Waals surface area contributed by atoms with E-state index in [1.54, 1.807) is 12.1 Å². The highest BCUT2D eigenvalue weighted by Gasteiger charge is 2.07. The molecule has 3 N–H and O–H groups in total. The first-order valence-corrected chi connectivity index (χ1v) is 6.77. The van der Waals surface area contributed by atoms with Crippen LogP contribution in [0.15, 0.2) is 52.3 Å². The van der Waals surface area contributed by atoms with Crippen molar-refractivity contribution in [3.05, 3.63) is 53.1 Å². The van der Waals surface area contributed by atoms with Gasteiger partial charge in [0.05, 0.1) is 6.42 Å². The van der Waals surface area contributed by atoms with E-state index in [-0.39, 0.29) is 6.42 Å². The fourth-order valence-corrected chi connectivity index (χ4v) is 2.65. The molecule has 5 heteroatoms. The van der Waals surface area contributed by atoms with Crippen LogP contribution in [0.1, 0.15) is 5.56 Å². The first-order chi connectivity index (χ1) is 9.04. The summed E-state index contributed by atoms with van der Waals surface area (Å²) in [6.07, 6.45) is -0.0744. The molecule has 0 spiro atoms. The molecule has 2 aromatic carbocycles. The van der Waals surface area contributed by atoms with E-state index in [1.165, 1.54) is 11.8 Å². The largest absolute Gasteiger partial charge is 0.481 e. The molecule has 0 aliphatic carbocycles. The van der Waals surface area contributed by atoms with E-state index in [2.05, 4.69) is 0 Å². The maximum atomic E-state index is 10.7. The third kappa shape index (κ3) is 3.91. The van der Waals surface area contributed by atoms with Crippen LogP contribution in [-0.4, -0.2) is 11.1 Å². The maximum absolute atomic E-state index is 10.7. The summed E-state index contributed by atoms with van der Waals surface area (Å²) in [7, 11) is 0. The first-order valence-electron chi connectivity index (χ1n) is 5.58. The van der Waals surface area contributed by atoms with E-state index in [0.29, 0.717) is 16.3 Å². The zero-order valence-electron chi connectivity index (χ0n) is 9.97. The van der Waals surface area contributed by atoms with E-state index in [1.807, 2.05) is 30.3 Å². The lowest BCUT2D eigenvalue weighted by Crippen LogP contribution is -2.00. The summed E-state index contributed by atoms with van der Waals surface area (Å²) in [5, 5.41) is 9.30. The van der Waals surface area contributed by atoms with Gasteiger partial charge in [-0.05, 0) is 48.0 Å².